The van der Waals surface area contributed by atoms with Gasteiger partial charge in [-0.2, -0.15) is 0 Å². The van der Waals surface area contributed by atoms with Gasteiger partial charge in [-0.15, -0.1) is 0 Å². The van der Waals surface area contributed by atoms with Crippen LogP contribution in [0.25, 0.3) is 0 Å². The number of nitrogens with one attached hydrogen (secondary N) is 1. The Balaban J connectivity index is 2.06. The summed E-state index contributed by atoms with van der Waals surface area (Å²) in [6, 6.07) is 0. The maximum Gasteiger partial charge on any atom is 0.227 e. The number of hydrogen-bond acceptors (Lipinski definition) is 3. The second-order valence-corrected chi connectivity index (χ2v) is 5.11. The Bertz CT molecular complexity index is 285. The fourth-order valence-electron chi connectivity index (χ4n) is 2.97. The summed E-state index contributed by atoms with van der Waals surface area (Å²) < 4.78 is 0. The van der Waals surface area contributed by atoms with Gasteiger partial charge in [-0.25, -0.2) is 0 Å². The van der Waals surface area contributed by atoms with Gasteiger partial charge in [0.1, 0.15) is 0 Å². The van der Waals surface area contributed by atoms with Crippen LogP contribution in [0.4, 0.5) is 0 Å². The third kappa shape index (κ3) is 2.43. The molecule has 0 aromatic carbocycles. The van der Waals surface area contributed by atoms with Gasteiger partial charge in [0, 0.05) is 12.8 Å². The van der Waals surface area contributed by atoms with Gasteiger partial charge < -0.3 is 4.90 Å². The minimum atomic E-state index is -0.0822. The van der Waals surface area contributed by atoms with E-state index < -0.39 is 0 Å². The fraction of sp³-hybridized carbons (Fsp3) is 0.833. The zero-order valence-electron chi connectivity index (χ0n) is 9.92. The first-order valence-corrected chi connectivity index (χ1v) is 6.19. The van der Waals surface area contributed by atoms with Crippen molar-refractivity contribution in [1.82, 2.24) is 10.2 Å². The number of likely N-dealkylation sites (tertiary alicyclic amines) is 1. The molecular formula is C12H20N2O2. The van der Waals surface area contributed by atoms with Crippen LogP contribution in [-0.2, 0) is 9.59 Å². The quantitative estimate of drug-likeness (QED) is 0.674. The maximum atomic E-state index is 11.5. The van der Waals surface area contributed by atoms with Crippen LogP contribution in [-0.4, -0.2) is 36.3 Å². The minimum absolute atomic E-state index is 0.0384. The standard InChI is InChI=1S/C12H20N2O2/c1-2-14-6-3-4-12(5-7-14)8-10(15)13-11(16)9-12/h2-9H2,1H3,(H,13,15,16). The summed E-state index contributed by atoms with van der Waals surface area (Å²) >= 11 is 0. The molecule has 0 unspecified atom stereocenters. The van der Waals surface area contributed by atoms with E-state index in [0.29, 0.717) is 12.8 Å². The Morgan fingerprint density at radius 1 is 1.19 bits per heavy atom. The van der Waals surface area contributed by atoms with Crippen LogP contribution < -0.4 is 5.32 Å². The number of carbonyl (C=O) groups is 2. The van der Waals surface area contributed by atoms with E-state index in [4.69, 9.17) is 0 Å². The number of carbonyl (C=O) groups excluding carboxylic acids is 2. The van der Waals surface area contributed by atoms with Crippen molar-refractivity contribution in [3.63, 3.8) is 0 Å². The van der Waals surface area contributed by atoms with Crippen molar-refractivity contribution < 1.29 is 9.59 Å². The topological polar surface area (TPSA) is 49.4 Å². The highest BCUT2D eigenvalue weighted by Crippen LogP contribution is 2.40. The van der Waals surface area contributed by atoms with Gasteiger partial charge in [0.2, 0.25) is 11.8 Å². The van der Waals surface area contributed by atoms with Crippen LogP contribution in [0.15, 0.2) is 0 Å². The van der Waals surface area contributed by atoms with Crippen LogP contribution in [0.5, 0.6) is 0 Å². The summed E-state index contributed by atoms with van der Waals surface area (Å²) in [5.41, 5.74) is -0.0384. The summed E-state index contributed by atoms with van der Waals surface area (Å²) in [5, 5.41) is 2.40. The van der Waals surface area contributed by atoms with Gasteiger partial charge in [0.05, 0.1) is 0 Å². The minimum Gasteiger partial charge on any atom is -0.304 e. The first kappa shape index (κ1) is 11.6. The number of rotatable bonds is 1. The number of nitrogens with zero attached hydrogens (tertiary/aromatic N) is 1. The van der Waals surface area contributed by atoms with Gasteiger partial charge in [0.15, 0.2) is 0 Å². The van der Waals surface area contributed by atoms with E-state index in [-0.39, 0.29) is 17.2 Å². The molecule has 16 heavy (non-hydrogen) atoms. The molecule has 2 aliphatic rings. The van der Waals surface area contributed by atoms with Crippen LogP contribution in [0.1, 0.15) is 39.0 Å². The number of imide groups is 1. The number of hydrogen-bond donors (Lipinski definition) is 1. The van der Waals surface area contributed by atoms with Gasteiger partial charge >= 0.3 is 0 Å². The molecule has 2 rings (SSSR count). The molecule has 1 spiro atoms. The van der Waals surface area contributed by atoms with E-state index in [1.807, 2.05) is 0 Å². The van der Waals surface area contributed by atoms with Crippen molar-refractivity contribution in [1.29, 1.82) is 0 Å². The van der Waals surface area contributed by atoms with Crippen molar-refractivity contribution in [2.75, 3.05) is 19.6 Å². The van der Waals surface area contributed by atoms with Crippen molar-refractivity contribution in [2.45, 2.75) is 39.0 Å². The lowest BCUT2D eigenvalue weighted by atomic mass is 9.73. The molecule has 0 atom stereocenters. The first-order chi connectivity index (χ1) is 7.63. The van der Waals surface area contributed by atoms with Crippen molar-refractivity contribution >= 4 is 11.8 Å². The lowest BCUT2D eigenvalue weighted by Gasteiger charge is -2.34. The van der Waals surface area contributed by atoms with E-state index in [0.717, 1.165) is 38.9 Å². The third-order valence-corrected chi connectivity index (χ3v) is 3.94. The Morgan fingerprint density at radius 3 is 2.50 bits per heavy atom. The second kappa shape index (κ2) is 4.53. The van der Waals surface area contributed by atoms with Gasteiger partial charge in [-0.1, -0.05) is 6.92 Å². The van der Waals surface area contributed by atoms with E-state index in [1.165, 1.54) is 0 Å². The van der Waals surface area contributed by atoms with Crippen molar-refractivity contribution in [2.24, 2.45) is 5.41 Å². The predicted molar refractivity (Wildman–Crippen MR) is 60.8 cm³/mol. The molecule has 2 aliphatic heterocycles. The molecule has 90 valence electrons. The van der Waals surface area contributed by atoms with E-state index in [1.54, 1.807) is 0 Å². The van der Waals surface area contributed by atoms with Gasteiger partial charge in [-0.3, -0.25) is 14.9 Å². The molecule has 4 heteroatoms. The van der Waals surface area contributed by atoms with Crippen LogP contribution in [0.2, 0.25) is 0 Å². The predicted octanol–water partition coefficient (Wildman–Crippen LogP) is 0.915. The first-order valence-electron chi connectivity index (χ1n) is 6.19. The summed E-state index contributed by atoms with van der Waals surface area (Å²) in [5.74, 6) is -0.164. The molecule has 1 N–H and O–H groups in total. The molecule has 2 fully saturated rings. The molecule has 2 heterocycles. The molecule has 0 bridgehead atoms. The van der Waals surface area contributed by atoms with Crippen molar-refractivity contribution in [3.8, 4) is 0 Å². The molecule has 0 radical (unpaired) electrons. The SMILES string of the molecule is CCN1CCCC2(CC1)CC(=O)NC(=O)C2. The molecule has 0 saturated carbocycles. The summed E-state index contributed by atoms with van der Waals surface area (Å²) in [4.78, 5) is 25.3. The van der Waals surface area contributed by atoms with Crippen molar-refractivity contribution in [3.05, 3.63) is 0 Å². The second-order valence-electron chi connectivity index (χ2n) is 5.11. The van der Waals surface area contributed by atoms with Gasteiger partial charge in [-0.05, 0) is 44.3 Å². The lowest BCUT2D eigenvalue weighted by molar-refractivity contribution is -0.138. The monoisotopic (exact) mass is 224 g/mol. The molecular weight excluding hydrogens is 204 g/mol. The molecule has 0 aliphatic carbocycles. The van der Waals surface area contributed by atoms with Gasteiger partial charge in [0.25, 0.3) is 0 Å². The summed E-state index contributed by atoms with van der Waals surface area (Å²) in [6.45, 7) is 5.36. The summed E-state index contributed by atoms with van der Waals surface area (Å²) in [7, 11) is 0. The molecule has 0 aromatic heterocycles. The van der Waals surface area contributed by atoms with E-state index in [2.05, 4.69) is 17.1 Å². The average molecular weight is 224 g/mol. The smallest absolute Gasteiger partial charge is 0.227 e. The molecule has 0 aromatic rings. The maximum absolute atomic E-state index is 11.5. The zero-order chi connectivity index (χ0) is 11.6. The Morgan fingerprint density at radius 2 is 1.88 bits per heavy atom. The molecule has 2 amide bonds. The van der Waals surface area contributed by atoms with Crippen LogP contribution in [0, 0.1) is 5.41 Å². The average Bonchev–Trinajstić information content (AvgIpc) is 2.39. The zero-order valence-corrected chi connectivity index (χ0v) is 9.92. The highest BCUT2D eigenvalue weighted by atomic mass is 16.2. The lowest BCUT2D eigenvalue weighted by Crippen LogP contribution is -2.45. The van der Waals surface area contributed by atoms with E-state index in [9.17, 15) is 9.59 Å². The Hall–Kier alpha value is -0.900. The fourth-order valence-corrected chi connectivity index (χ4v) is 2.97. The highest BCUT2D eigenvalue weighted by molar-refractivity contribution is 5.98. The van der Waals surface area contributed by atoms with Crippen LogP contribution in [0.3, 0.4) is 0 Å². The van der Waals surface area contributed by atoms with Crippen LogP contribution >= 0.6 is 0 Å². The largest absolute Gasteiger partial charge is 0.304 e. The van der Waals surface area contributed by atoms with E-state index >= 15 is 0 Å². The Labute approximate surface area is 96.4 Å². The third-order valence-electron chi connectivity index (χ3n) is 3.94. The highest BCUT2D eigenvalue weighted by Gasteiger charge is 2.40. The molecule has 4 nitrogen and oxygen atoms in total. The molecule has 2 saturated heterocycles. The normalized spacial score (nSPS) is 26.6. The number of amides is 2. The number of piperidine rings is 1. The Kier molecular flexibility index (Phi) is 3.28. The summed E-state index contributed by atoms with van der Waals surface area (Å²) in [6.07, 6.45) is 4.18.